The van der Waals surface area contributed by atoms with Crippen molar-refractivity contribution in [1.29, 1.82) is 0 Å². The van der Waals surface area contributed by atoms with Crippen LogP contribution in [0.3, 0.4) is 0 Å². The number of imidazole rings is 1. The number of carbonyl (C=O) groups is 1. The Morgan fingerprint density at radius 1 is 0.941 bits per heavy atom. The highest BCUT2D eigenvalue weighted by molar-refractivity contribution is 7.92. The molecular formula is C25H25N5O3S. The van der Waals surface area contributed by atoms with Crippen LogP contribution in [0.4, 0.5) is 5.69 Å². The van der Waals surface area contributed by atoms with Crippen molar-refractivity contribution in [2.24, 2.45) is 0 Å². The molecule has 9 heteroatoms. The molecule has 0 bridgehead atoms. The van der Waals surface area contributed by atoms with Gasteiger partial charge < -0.3 is 9.88 Å². The lowest BCUT2D eigenvalue weighted by Gasteiger charge is -2.34. The van der Waals surface area contributed by atoms with Crippen molar-refractivity contribution in [3.8, 4) is 0 Å². The number of piperazine rings is 1. The third-order valence-corrected chi connectivity index (χ3v) is 7.39. The quantitative estimate of drug-likeness (QED) is 0.446. The molecule has 1 amide bonds. The number of hydrogen-bond donors (Lipinski definition) is 2. The van der Waals surface area contributed by atoms with Gasteiger partial charge in [0.2, 0.25) is 0 Å². The predicted molar refractivity (Wildman–Crippen MR) is 131 cm³/mol. The van der Waals surface area contributed by atoms with Crippen molar-refractivity contribution in [2.75, 3.05) is 30.9 Å². The van der Waals surface area contributed by atoms with Crippen molar-refractivity contribution in [3.05, 3.63) is 90.3 Å². The molecular weight excluding hydrogens is 450 g/mol. The normalized spacial score (nSPS) is 14.9. The van der Waals surface area contributed by atoms with Gasteiger partial charge in [-0.2, -0.15) is 0 Å². The minimum absolute atomic E-state index is 0.0831. The molecule has 34 heavy (non-hydrogen) atoms. The second-order valence-electron chi connectivity index (χ2n) is 8.32. The van der Waals surface area contributed by atoms with E-state index in [1.807, 2.05) is 23.1 Å². The number of aromatic nitrogens is 2. The lowest BCUT2D eigenvalue weighted by Crippen LogP contribution is -2.48. The average molecular weight is 476 g/mol. The van der Waals surface area contributed by atoms with Gasteiger partial charge in [-0.3, -0.25) is 14.4 Å². The highest BCUT2D eigenvalue weighted by atomic mass is 32.2. The Morgan fingerprint density at radius 3 is 2.41 bits per heavy atom. The Kier molecular flexibility index (Phi) is 6.04. The number of benzene rings is 3. The van der Waals surface area contributed by atoms with Gasteiger partial charge in [-0.15, -0.1) is 0 Å². The van der Waals surface area contributed by atoms with E-state index in [1.165, 1.54) is 17.7 Å². The molecule has 2 N–H and O–H groups in total. The molecule has 0 saturated carbocycles. The van der Waals surface area contributed by atoms with Crippen LogP contribution in [-0.2, 0) is 16.6 Å². The number of hydrogen-bond acceptors (Lipinski definition) is 5. The molecule has 8 nitrogen and oxygen atoms in total. The largest absolute Gasteiger partial charge is 0.345 e. The summed E-state index contributed by atoms with van der Waals surface area (Å²) in [7, 11) is -3.79. The van der Waals surface area contributed by atoms with Crippen LogP contribution >= 0.6 is 0 Å². The van der Waals surface area contributed by atoms with Crippen LogP contribution in [0.1, 0.15) is 15.9 Å². The highest BCUT2D eigenvalue weighted by Gasteiger charge is 2.23. The molecule has 1 saturated heterocycles. The van der Waals surface area contributed by atoms with Crippen molar-refractivity contribution in [2.45, 2.75) is 11.4 Å². The Bertz CT molecular complexity index is 1390. The number of H-pyrrole nitrogens is 1. The minimum Gasteiger partial charge on any atom is -0.345 e. The van der Waals surface area contributed by atoms with Gasteiger partial charge in [0.1, 0.15) is 0 Å². The predicted octanol–water partition coefficient (Wildman–Crippen LogP) is 3.32. The van der Waals surface area contributed by atoms with Crippen molar-refractivity contribution >= 4 is 32.7 Å². The zero-order chi connectivity index (χ0) is 23.5. The molecule has 5 rings (SSSR count). The van der Waals surface area contributed by atoms with Gasteiger partial charge in [0.05, 0.1) is 27.9 Å². The fourth-order valence-electron chi connectivity index (χ4n) is 4.12. The number of amides is 1. The summed E-state index contributed by atoms with van der Waals surface area (Å²) in [6.45, 7) is 3.76. The minimum atomic E-state index is -3.79. The third-order valence-electron chi connectivity index (χ3n) is 5.99. The van der Waals surface area contributed by atoms with E-state index in [2.05, 4.69) is 31.7 Å². The Hall–Kier alpha value is -3.69. The van der Waals surface area contributed by atoms with Crippen LogP contribution in [0.5, 0.6) is 0 Å². The summed E-state index contributed by atoms with van der Waals surface area (Å²) in [4.78, 5) is 24.3. The first-order chi connectivity index (χ1) is 16.5. The van der Waals surface area contributed by atoms with E-state index in [4.69, 9.17) is 0 Å². The van der Waals surface area contributed by atoms with Crippen LogP contribution in [0.2, 0.25) is 0 Å². The molecule has 0 atom stereocenters. The number of carbonyl (C=O) groups excluding carboxylic acids is 1. The summed E-state index contributed by atoms with van der Waals surface area (Å²) in [6, 6.07) is 21.5. The highest BCUT2D eigenvalue weighted by Crippen LogP contribution is 2.21. The summed E-state index contributed by atoms with van der Waals surface area (Å²) in [5.41, 5.74) is 3.66. The molecule has 0 aliphatic carbocycles. The first kappa shape index (κ1) is 22.1. The second kappa shape index (κ2) is 9.28. The molecule has 2 heterocycles. The van der Waals surface area contributed by atoms with Crippen LogP contribution < -0.4 is 4.72 Å². The molecule has 1 aliphatic rings. The standard InChI is InChI=1S/C25H25N5O3S/c31-25(30-14-12-29(13-15-30)17-19-4-2-1-3-5-19)20-6-9-22(10-7-20)34(32,33)28-21-8-11-23-24(16-21)27-18-26-23/h1-11,16,18,28H,12-15,17H2,(H,26,27). The number of sulfonamides is 1. The number of aromatic amines is 1. The van der Waals surface area contributed by atoms with Gasteiger partial charge in [-0.25, -0.2) is 13.4 Å². The average Bonchev–Trinajstić information content (AvgIpc) is 3.32. The monoisotopic (exact) mass is 475 g/mol. The van der Waals surface area contributed by atoms with Crippen LogP contribution in [-0.4, -0.2) is 60.3 Å². The van der Waals surface area contributed by atoms with Gasteiger partial charge in [0, 0.05) is 38.3 Å². The summed E-state index contributed by atoms with van der Waals surface area (Å²) in [5, 5.41) is 0. The topological polar surface area (TPSA) is 98.4 Å². The van der Waals surface area contributed by atoms with Gasteiger partial charge >= 0.3 is 0 Å². The van der Waals surface area contributed by atoms with Crippen LogP contribution in [0.25, 0.3) is 11.0 Å². The lowest BCUT2D eigenvalue weighted by molar-refractivity contribution is 0.0628. The number of rotatable bonds is 6. The van der Waals surface area contributed by atoms with E-state index in [-0.39, 0.29) is 10.8 Å². The maximum atomic E-state index is 12.9. The SMILES string of the molecule is O=C(c1ccc(S(=O)(=O)Nc2ccc3[nH]cnc3c2)cc1)N1CCN(Cc2ccccc2)CC1. The molecule has 0 radical (unpaired) electrons. The number of anilines is 1. The summed E-state index contributed by atoms with van der Waals surface area (Å²) in [6.07, 6.45) is 1.56. The first-order valence-electron chi connectivity index (χ1n) is 11.1. The van der Waals surface area contributed by atoms with Gasteiger partial charge in [0.15, 0.2) is 0 Å². The second-order valence-corrected chi connectivity index (χ2v) is 10.0. The summed E-state index contributed by atoms with van der Waals surface area (Å²) in [5.74, 6) is -0.0831. The maximum absolute atomic E-state index is 12.9. The fourth-order valence-corrected chi connectivity index (χ4v) is 5.17. The Labute approximate surface area is 198 Å². The third kappa shape index (κ3) is 4.80. The number of fused-ring (bicyclic) bond motifs is 1. The number of nitrogens with one attached hydrogen (secondary N) is 2. The Balaban J connectivity index is 1.20. The smallest absolute Gasteiger partial charge is 0.261 e. The van der Waals surface area contributed by atoms with Gasteiger partial charge in [-0.1, -0.05) is 30.3 Å². The molecule has 1 aliphatic heterocycles. The molecule has 174 valence electrons. The van der Waals surface area contributed by atoms with E-state index in [0.29, 0.717) is 29.9 Å². The number of nitrogens with zero attached hydrogens (tertiary/aromatic N) is 3. The first-order valence-corrected chi connectivity index (χ1v) is 12.6. The van der Waals surface area contributed by atoms with E-state index < -0.39 is 10.0 Å². The fraction of sp³-hybridized carbons (Fsp3) is 0.200. The zero-order valence-electron chi connectivity index (χ0n) is 18.5. The van der Waals surface area contributed by atoms with Crippen molar-refractivity contribution in [1.82, 2.24) is 19.8 Å². The van der Waals surface area contributed by atoms with Crippen LogP contribution in [0.15, 0.2) is 84.0 Å². The molecule has 0 unspecified atom stereocenters. The zero-order valence-corrected chi connectivity index (χ0v) is 19.3. The lowest BCUT2D eigenvalue weighted by atomic mass is 10.1. The maximum Gasteiger partial charge on any atom is 0.261 e. The van der Waals surface area contributed by atoms with Gasteiger partial charge in [-0.05, 0) is 48.0 Å². The summed E-state index contributed by atoms with van der Waals surface area (Å²) < 4.78 is 28.2. The van der Waals surface area contributed by atoms with Gasteiger partial charge in [0.25, 0.3) is 15.9 Å². The van der Waals surface area contributed by atoms with Crippen LogP contribution in [0, 0.1) is 0 Å². The molecule has 1 aromatic heterocycles. The Morgan fingerprint density at radius 2 is 1.68 bits per heavy atom. The molecule has 1 fully saturated rings. The summed E-state index contributed by atoms with van der Waals surface area (Å²) >= 11 is 0. The molecule has 0 spiro atoms. The van der Waals surface area contributed by atoms with E-state index in [1.54, 1.807) is 36.7 Å². The molecule has 4 aromatic rings. The van der Waals surface area contributed by atoms with Crippen molar-refractivity contribution in [3.63, 3.8) is 0 Å². The van der Waals surface area contributed by atoms with E-state index >= 15 is 0 Å². The van der Waals surface area contributed by atoms with Crippen molar-refractivity contribution < 1.29 is 13.2 Å². The van der Waals surface area contributed by atoms with E-state index in [9.17, 15) is 13.2 Å². The van der Waals surface area contributed by atoms with E-state index in [0.717, 1.165) is 25.2 Å². The molecule has 3 aromatic carbocycles.